The number of aromatic nitrogens is 2. The number of hydrogen-bond acceptors (Lipinski definition) is 1. The smallest absolute Gasteiger partial charge is 0.123 e. The minimum absolute atomic E-state index is 1.04. The molecule has 0 fully saturated rings. The second-order valence-electron chi connectivity index (χ2n) is 3.79. The summed E-state index contributed by atoms with van der Waals surface area (Å²) in [5.41, 5.74) is 1.31. The van der Waals surface area contributed by atoms with Gasteiger partial charge in [0.2, 0.25) is 0 Å². The minimum Gasteiger partial charge on any atom is -0.339 e. The number of imidazole rings is 1. The van der Waals surface area contributed by atoms with Crippen LogP contribution in [-0.2, 0) is 6.54 Å². The monoisotopic (exact) mass is 168 g/mol. The Morgan fingerprint density at radius 1 is 1.45 bits per heavy atom. The fourth-order valence-electron chi connectivity index (χ4n) is 1.21. The largest absolute Gasteiger partial charge is 0.339 e. The van der Waals surface area contributed by atoms with E-state index in [0.29, 0.717) is 0 Å². The summed E-state index contributed by atoms with van der Waals surface area (Å²) in [4.78, 5) is 4.38. The molecule has 62 valence electrons. The zero-order chi connectivity index (χ0) is 8.48. The molecule has 0 spiro atoms. The summed E-state index contributed by atoms with van der Waals surface area (Å²) >= 11 is 0. The lowest BCUT2D eigenvalue weighted by atomic mass is 10.7. The Morgan fingerprint density at radius 3 is 2.45 bits per heavy atom. The third-order valence-corrected chi connectivity index (χ3v) is 3.48. The van der Waals surface area contributed by atoms with E-state index in [0.717, 1.165) is 6.54 Å². The van der Waals surface area contributed by atoms with Gasteiger partial charge < -0.3 is 4.57 Å². The highest BCUT2D eigenvalue weighted by Gasteiger charge is 2.21. The van der Waals surface area contributed by atoms with Crippen LogP contribution in [0, 0.1) is 0 Å². The maximum absolute atomic E-state index is 4.38. The predicted molar refractivity (Wildman–Crippen MR) is 50.9 cm³/mol. The summed E-state index contributed by atoms with van der Waals surface area (Å²) in [5, 5.41) is 0. The van der Waals surface area contributed by atoms with Crippen LogP contribution in [0.25, 0.3) is 0 Å². The summed E-state index contributed by atoms with van der Waals surface area (Å²) in [5.74, 6) is 0. The SMILES string of the molecule is CCn1ccnc1[Si](C)(C)C. The van der Waals surface area contributed by atoms with Crippen LogP contribution in [0.3, 0.4) is 0 Å². The van der Waals surface area contributed by atoms with Crippen LogP contribution in [0.5, 0.6) is 0 Å². The normalized spacial score (nSPS) is 12.0. The lowest BCUT2D eigenvalue weighted by Gasteiger charge is -2.16. The molecule has 0 atom stereocenters. The first kappa shape index (κ1) is 8.52. The van der Waals surface area contributed by atoms with Gasteiger partial charge in [0.05, 0.1) is 5.45 Å². The van der Waals surface area contributed by atoms with Crippen LogP contribution in [-0.4, -0.2) is 17.6 Å². The van der Waals surface area contributed by atoms with Gasteiger partial charge in [0.15, 0.2) is 0 Å². The summed E-state index contributed by atoms with van der Waals surface area (Å²) in [6, 6.07) is 0. The van der Waals surface area contributed by atoms with Crippen LogP contribution in [0.1, 0.15) is 6.92 Å². The Hall–Kier alpha value is -0.573. The van der Waals surface area contributed by atoms with Crippen molar-refractivity contribution in [2.45, 2.75) is 33.1 Å². The van der Waals surface area contributed by atoms with Crippen LogP contribution >= 0.6 is 0 Å². The Balaban J connectivity index is 3.02. The van der Waals surface area contributed by atoms with Crippen molar-refractivity contribution in [2.75, 3.05) is 0 Å². The number of rotatable bonds is 2. The zero-order valence-electron chi connectivity index (χ0n) is 7.76. The van der Waals surface area contributed by atoms with E-state index >= 15 is 0 Å². The molecular formula is C8H16N2Si. The first-order chi connectivity index (χ1) is 5.05. The van der Waals surface area contributed by atoms with Gasteiger partial charge in [-0.2, -0.15) is 0 Å². The second kappa shape index (κ2) is 2.81. The molecule has 0 aliphatic carbocycles. The molecule has 0 aliphatic rings. The van der Waals surface area contributed by atoms with E-state index < -0.39 is 8.07 Å². The minimum atomic E-state index is -1.19. The molecule has 0 radical (unpaired) electrons. The van der Waals surface area contributed by atoms with E-state index in [9.17, 15) is 0 Å². The molecule has 3 heteroatoms. The highest BCUT2D eigenvalue weighted by Crippen LogP contribution is 2.00. The van der Waals surface area contributed by atoms with Crippen molar-refractivity contribution in [3.63, 3.8) is 0 Å². The van der Waals surface area contributed by atoms with Gasteiger partial charge in [0, 0.05) is 18.9 Å². The van der Waals surface area contributed by atoms with Gasteiger partial charge in [-0.1, -0.05) is 19.6 Å². The van der Waals surface area contributed by atoms with Crippen LogP contribution in [0.2, 0.25) is 19.6 Å². The third kappa shape index (κ3) is 1.71. The molecule has 0 aliphatic heterocycles. The van der Waals surface area contributed by atoms with E-state index in [4.69, 9.17) is 0 Å². The van der Waals surface area contributed by atoms with Gasteiger partial charge in [0.1, 0.15) is 8.07 Å². The third-order valence-electron chi connectivity index (χ3n) is 1.73. The van der Waals surface area contributed by atoms with Gasteiger partial charge in [-0.25, -0.2) is 4.98 Å². The van der Waals surface area contributed by atoms with E-state index in [1.54, 1.807) is 0 Å². The van der Waals surface area contributed by atoms with Gasteiger partial charge in [-0.3, -0.25) is 0 Å². The molecule has 0 aromatic carbocycles. The maximum Gasteiger partial charge on any atom is 0.123 e. The molecule has 1 aromatic rings. The maximum atomic E-state index is 4.38. The highest BCUT2D eigenvalue weighted by atomic mass is 28.3. The first-order valence-corrected chi connectivity index (χ1v) is 7.57. The van der Waals surface area contributed by atoms with Gasteiger partial charge in [-0.15, -0.1) is 0 Å². The van der Waals surface area contributed by atoms with E-state index in [1.807, 2.05) is 6.20 Å². The van der Waals surface area contributed by atoms with Crippen molar-refractivity contribution in [3.05, 3.63) is 12.4 Å². The van der Waals surface area contributed by atoms with Crippen molar-refractivity contribution >= 4 is 13.5 Å². The topological polar surface area (TPSA) is 17.8 Å². The van der Waals surface area contributed by atoms with Gasteiger partial charge in [-0.05, 0) is 6.92 Å². The Labute approximate surface area is 69.3 Å². The molecule has 1 rings (SSSR count). The Bertz CT molecular complexity index is 234. The summed E-state index contributed by atoms with van der Waals surface area (Å²) in [7, 11) is -1.19. The predicted octanol–water partition coefficient (Wildman–Crippen LogP) is 1.45. The molecule has 2 nitrogen and oxygen atoms in total. The molecule has 11 heavy (non-hydrogen) atoms. The molecule has 0 bridgehead atoms. The van der Waals surface area contributed by atoms with E-state index in [1.165, 1.54) is 5.45 Å². The molecule has 1 aromatic heterocycles. The van der Waals surface area contributed by atoms with Crippen molar-refractivity contribution in [3.8, 4) is 0 Å². The standard InChI is InChI=1S/C8H16N2Si/c1-5-10-7-6-9-8(10)11(2,3)4/h6-7H,5H2,1-4H3. The van der Waals surface area contributed by atoms with Crippen LogP contribution in [0.15, 0.2) is 12.4 Å². The fraction of sp³-hybridized carbons (Fsp3) is 0.625. The van der Waals surface area contributed by atoms with Crippen LogP contribution in [0.4, 0.5) is 0 Å². The van der Waals surface area contributed by atoms with E-state index in [-0.39, 0.29) is 0 Å². The quantitative estimate of drug-likeness (QED) is 0.611. The summed E-state index contributed by atoms with van der Waals surface area (Å²) in [6.07, 6.45) is 3.96. The lowest BCUT2D eigenvalue weighted by molar-refractivity contribution is 0.782. The number of aryl methyl sites for hydroxylation is 1. The molecular weight excluding hydrogens is 152 g/mol. The fourth-order valence-corrected chi connectivity index (χ4v) is 2.76. The van der Waals surface area contributed by atoms with Gasteiger partial charge in [0.25, 0.3) is 0 Å². The number of nitrogens with zero attached hydrogens (tertiary/aromatic N) is 2. The summed E-state index contributed by atoms with van der Waals surface area (Å²) in [6.45, 7) is 10.2. The van der Waals surface area contributed by atoms with Crippen molar-refractivity contribution in [1.29, 1.82) is 0 Å². The number of hydrogen-bond donors (Lipinski definition) is 0. The average Bonchev–Trinajstić information content (AvgIpc) is 2.31. The molecule has 0 N–H and O–H groups in total. The first-order valence-electron chi connectivity index (χ1n) is 4.07. The highest BCUT2D eigenvalue weighted by molar-refractivity contribution is 6.87. The zero-order valence-corrected chi connectivity index (χ0v) is 8.76. The van der Waals surface area contributed by atoms with E-state index in [2.05, 4.69) is 42.3 Å². The Kier molecular flexibility index (Phi) is 2.18. The molecule has 0 unspecified atom stereocenters. The second-order valence-corrected chi connectivity index (χ2v) is 8.73. The van der Waals surface area contributed by atoms with Gasteiger partial charge >= 0.3 is 0 Å². The lowest BCUT2D eigenvalue weighted by Crippen LogP contribution is -2.44. The van der Waals surface area contributed by atoms with Crippen molar-refractivity contribution in [2.24, 2.45) is 0 Å². The van der Waals surface area contributed by atoms with Crippen molar-refractivity contribution in [1.82, 2.24) is 9.55 Å². The Morgan fingerprint density at radius 2 is 2.09 bits per heavy atom. The molecule has 0 amide bonds. The average molecular weight is 168 g/mol. The summed E-state index contributed by atoms with van der Waals surface area (Å²) < 4.78 is 2.24. The van der Waals surface area contributed by atoms with Crippen molar-refractivity contribution < 1.29 is 0 Å². The molecule has 0 saturated heterocycles. The molecule has 0 saturated carbocycles. The molecule has 1 heterocycles. The van der Waals surface area contributed by atoms with Crippen LogP contribution < -0.4 is 5.45 Å².